The fourth-order valence-electron chi connectivity index (χ4n) is 2.32. The van der Waals surface area contributed by atoms with Crippen LogP contribution in [0.5, 0.6) is 0 Å². The van der Waals surface area contributed by atoms with Crippen LogP contribution in [0.3, 0.4) is 0 Å². The molecule has 0 aromatic carbocycles. The summed E-state index contributed by atoms with van der Waals surface area (Å²) >= 11 is 1.63. The molecule has 8 heteroatoms. The van der Waals surface area contributed by atoms with E-state index in [1.54, 1.807) is 18.4 Å². The Balaban J connectivity index is 1.57. The molecule has 1 amide bonds. The second-order valence-corrected chi connectivity index (χ2v) is 5.84. The highest BCUT2D eigenvalue weighted by Gasteiger charge is 2.24. The molecule has 0 saturated heterocycles. The molecule has 7 nitrogen and oxygen atoms in total. The van der Waals surface area contributed by atoms with Gasteiger partial charge in [0.05, 0.1) is 31.6 Å². The third kappa shape index (κ3) is 3.34. The lowest BCUT2D eigenvalue weighted by Crippen LogP contribution is -2.39. The smallest absolute Gasteiger partial charge is 0.222 e. The zero-order valence-corrected chi connectivity index (χ0v) is 13.1. The Morgan fingerprint density at radius 1 is 1.64 bits per heavy atom. The second kappa shape index (κ2) is 6.99. The molecule has 2 aromatic heterocycles. The lowest BCUT2D eigenvalue weighted by atomic mass is 10.2. The van der Waals surface area contributed by atoms with Gasteiger partial charge in [0.25, 0.3) is 0 Å². The van der Waals surface area contributed by atoms with Crippen LogP contribution >= 0.6 is 11.3 Å². The average Bonchev–Trinajstić information content (AvgIpc) is 3.19. The Morgan fingerprint density at radius 3 is 3.32 bits per heavy atom. The number of nitrogens with one attached hydrogen (secondary N) is 1. The van der Waals surface area contributed by atoms with Crippen molar-refractivity contribution in [1.82, 2.24) is 20.3 Å². The van der Waals surface area contributed by atoms with Crippen molar-refractivity contribution in [3.8, 4) is 11.3 Å². The van der Waals surface area contributed by atoms with E-state index in [0.717, 1.165) is 17.0 Å². The van der Waals surface area contributed by atoms with Gasteiger partial charge in [-0.15, -0.1) is 5.10 Å². The van der Waals surface area contributed by atoms with Gasteiger partial charge in [0.2, 0.25) is 5.91 Å². The summed E-state index contributed by atoms with van der Waals surface area (Å²) in [7, 11) is 1.58. The molecule has 0 spiro atoms. The molecular weight excluding hydrogens is 304 g/mol. The first-order valence-electron chi connectivity index (χ1n) is 7.10. The minimum atomic E-state index is -0.0870. The van der Waals surface area contributed by atoms with Gasteiger partial charge in [-0.3, -0.25) is 4.79 Å². The summed E-state index contributed by atoms with van der Waals surface area (Å²) in [5.74, 6) is -0.0335. The highest BCUT2D eigenvalue weighted by Crippen LogP contribution is 2.26. The van der Waals surface area contributed by atoms with Crippen LogP contribution in [0.25, 0.3) is 11.3 Å². The third-order valence-electron chi connectivity index (χ3n) is 3.52. The van der Waals surface area contributed by atoms with Gasteiger partial charge in [-0.05, 0) is 11.4 Å². The molecule has 0 fully saturated rings. The minimum Gasteiger partial charge on any atom is -0.384 e. The predicted molar refractivity (Wildman–Crippen MR) is 81.4 cm³/mol. The van der Waals surface area contributed by atoms with Crippen molar-refractivity contribution in [2.75, 3.05) is 20.3 Å². The molecule has 118 valence electrons. The zero-order valence-electron chi connectivity index (χ0n) is 12.3. The van der Waals surface area contributed by atoms with Crippen LogP contribution < -0.4 is 5.32 Å². The van der Waals surface area contributed by atoms with E-state index in [1.807, 2.05) is 21.5 Å². The van der Waals surface area contributed by atoms with Crippen LogP contribution in [0.4, 0.5) is 0 Å². The standard InChI is InChI=1S/C14H18N4O3S/c1-20-4-2-13(19)15-6-11-7-18-12(8-21-11)14(16-17-18)10-3-5-22-9-10/h3,5,9,11H,2,4,6-8H2,1H3,(H,15,19)/t11-/m0/s1. The van der Waals surface area contributed by atoms with Crippen molar-refractivity contribution < 1.29 is 14.3 Å². The van der Waals surface area contributed by atoms with Gasteiger partial charge < -0.3 is 14.8 Å². The largest absolute Gasteiger partial charge is 0.384 e. The number of rotatable bonds is 6. The second-order valence-electron chi connectivity index (χ2n) is 5.06. The summed E-state index contributed by atoms with van der Waals surface area (Å²) in [4.78, 5) is 11.6. The number of nitrogens with zero attached hydrogens (tertiary/aromatic N) is 3. The molecule has 3 heterocycles. The number of amides is 1. The van der Waals surface area contributed by atoms with Crippen molar-refractivity contribution >= 4 is 17.2 Å². The van der Waals surface area contributed by atoms with E-state index in [-0.39, 0.29) is 12.0 Å². The van der Waals surface area contributed by atoms with Gasteiger partial charge in [0.15, 0.2) is 0 Å². The highest BCUT2D eigenvalue weighted by molar-refractivity contribution is 7.08. The molecule has 0 saturated carbocycles. The van der Waals surface area contributed by atoms with Gasteiger partial charge in [-0.1, -0.05) is 5.21 Å². The first-order valence-corrected chi connectivity index (χ1v) is 8.04. The molecule has 0 unspecified atom stereocenters. The minimum absolute atomic E-state index is 0.0335. The maximum Gasteiger partial charge on any atom is 0.222 e. The molecule has 0 aliphatic carbocycles. The van der Waals surface area contributed by atoms with E-state index in [0.29, 0.717) is 32.7 Å². The van der Waals surface area contributed by atoms with E-state index in [1.165, 1.54) is 0 Å². The third-order valence-corrected chi connectivity index (χ3v) is 4.21. The van der Waals surface area contributed by atoms with E-state index < -0.39 is 0 Å². The number of hydrogen-bond donors (Lipinski definition) is 1. The number of ether oxygens (including phenoxy) is 2. The average molecular weight is 322 g/mol. The van der Waals surface area contributed by atoms with Crippen molar-refractivity contribution in [3.63, 3.8) is 0 Å². The van der Waals surface area contributed by atoms with Crippen LogP contribution in [0, 0.1) is 0 Å². The molecule has 0 bridgehead atoms. The van der Waals surface area contributed by atoms with E-state index in [4.69, 9.17) is 9.47 Å². The van der Waals surface area contributed by atoms with Gasteiger partial charge in [-0.25, -0.2) is 4.68 Å². The molecular formula is C14H18N4O3S. The van der Waals surface area contributed by atoms with Gasteiger partial charge in [0.1, 0.15) is 5.69 Å². The summed E-state index contributed by atoms with van der Waals surface area (Å²) in [6.07, 6.45) is 0.274. The Kier molecular flexibility index (Phi) is 4.81. The topological polar surface area (TPSA) is 78.3 Å². The lowest BCUT2D eigenvalue weighted by molar-refractivity contribution is -0.123. The fourth-order valence-corrected chi connectivity index (χ4v) is 2.96. The number of methoxy groups -OCH3 is 1. The van der Waals surface area contributed by atoms with Gasteiger partial charge in [-0.2, -0.15) is 11.3 Å². The molecule has 3 rings (SSSR count). The number of aromatic nitrogens is 3. The summed E-state index contributed by atoms with van der Waals surface area (Å²) in [5.41, 5.74) is 2.94. The molecule has 2 aromatic rings. The van der Waals surface area contributed by atoms with Crippen LogP contribution in [0.2, 0.25) is 0 Å². The SMILES string of the molecule is COCCC(=O)NC[C@H]1Cn2nnc(-c3ccsc3)c2CO1. The summed E-state index contributed by atoms with van der Waals surface area (Å²) < 4.78 is 12.6. The van der Waals surface area contributed by atoms with Crippen molar-refractivity contribution in [2.24, 2.45) is 0 Å². The van der Waals surface area contributed by atoms with Gasteiger partial charge in [0, 0.05) is 31.0 Å². The number of carbonyl (C=O) groups excluding carboxylic acids is 1. The summed E-state index contributed by atoms with van der Waals surface area (Å²) in [6, 6.07) is 2.03. The normalized spacial score (nSPS) is 17.2. The Hall–Kier alpha value is -1.77. The van der Waals surface area contributed by atoms with Crippen molar-refractivity contribution in [3.05, 3.63) is 22.5 Å². The van der Waals surface area contributed by atoms with Crippen LogP contribution in [-0.4, -0.2) is 47.3 Å². The van der Waals surface area contributed by atoms with E-state index in [9.17, 15) is 4.79 Å². The maximum atomic E-state index is 11.6. The Labute approximate surface area is 132 Å². The Morgan fingerprint density at radius 2 is 2.55 bits per heavy atom. The Bertz CT molecular complexity index is 626. The van der Waals surface area contributed by atoms with Crippen LogP contribution in [0.15, 0.2) is 16.8 Å². The van der Waals surface area contributed by atoms with E-state index >= 15 is 0 Å². The number of carbonyl (C=O) groups is 1. The number of fused-ring (bicyclic) bond motifs is 1. The lowest BCUT2D eigenvalue weighted by Gasteiger charge is -2.24. The first-order chi connectivity index (χ1) is 10.8. The highest BCUT2D eigenvalue weighted by atomic mass is 32.1. The van der Waals surface area contributed by atoms with Gasteiger partial charge >= 0.3 is 0 Å². The number of thiophene rings is 1. The molecule has 1 aliphatic rings. The summed E-state index contributed by atoms with van der Waals surface area (Å²) in [5, 5.41) is 15.4. The molecule has 1 atom stereocenters. The maximum absolute atomic E-state index is 11.6. The van der Waals surface area contributed by atoms with Crippen molar-refractivity contribution in [1.29, 1.82) is 0 Å². The van der Waals surface area contributed by atoms with Crippen LogP contribution in [0.1, 0.15) is 12.1 Å². The molecule has 1 N–H and O–H groups in total. The monoisotopic (exact) mass is 322 g/mol. The quantitative estimate of drug-likeness (QED) is 0.860. The first kappa shape index (κ1) is 15.1. The summed E-state index contributed by atoms with van der Waals surface area (Å²) in [6.45, 7) is 1.94. The number of hydrogen-bond acceptors (Lipinski definition) is 6. The predicted octanol–water partition coefficient (Wildman–Crippen LogP) is 1.06. The van der Waals surface area contributed by atoms with Crippen LogP contribution in [-0.2, 0) is 27.4 Å². The molecule has 1 aliphatic heterocycles. The zero-order chi connectivity index (χ0) is 15.4. The fraction of sp³-hybridized carbons (Fsp3) is 0.500. The van der Waals surface area contributed by atoms with E-state index in [2.05, 4.69) is 15.6 Å². The molecule has 0 radical (unpaired) electrons. The van der Waals surface area contributed by atoms with Crippen molar-refractivity contribution in [2.45, 2.75) is 25.7 Å². The molecule has 22 heavy (non-hydrogen) atoms.